The van der Waals surface area contributed by atoms with Crippen LogP contribution in [-0.2, 0) is 16.1 Å². The monoisotopic (exact) mass is 334 g/mol. The molecule has 0 bridgehead atoms. The van der Waals surface area contributed by atoms with Crippen LogP contribution in [0, 0.1) is 5.41 Å². The van der Waals surface area contributed by atoms with Crippen LogP contribution in [0.2, 0.25) is 0 Å². The molecule has 0 unspecified atom stereocenters. The molecule has 24 heavy (non-hydrogen) atoms. The van der Waals surface area contributed by atoms with E-state index in [0.29, 0.717) is 5.69 Å². The minimum atomic E-state index is -0.549. The summed E-state index contributed by atoms with van der Waals surface area (Å²) in [6, 6.07) is 5.67. The maximum Gasteiger partial charge on any atom is 0.412 e. The average molecular weight is 334 g/mol. The molecule has 6 heteroatoms. The van der Waals surface area contributed by atoms with E-state index in [4.69, 9.17) is 9.47 Å². The van der Waals surface area contributed by atoms with Crippen LogP contribution >= 0.6 is 0 Å². The van der Waals surface area contributed by atoms with Crippen LogP contribution in [0.15, 0.2) is 18.2 Å². The van der Waals surface area contributed by atoms with Gasteiger partial charge in [0.25, 0.3) is 0 Å². The van der Waals surface area contributed by atoms with Gasteiger partial charge in [-0.3, -0.25) is 5.32 Å². The highest BCUT2D eigenvalue weighted by molar-refractivity contribution is 5.86. The Balaban J connectivity index is 1.74. The van der Waals surface area contributed by atoms with Gasteiger partial charge >= 0.3 is 6.09 Å². The zero-order chi connectivity index (χ0) is 17.4. The molecule has 6 nitrogen and oxygen atoms in total. The number of aliphatic hydroxyl groups excluding tert-OH is 1. The fourth-order valence-corrected chi connectivity index (χ4v) is 3.22. The highest BCUT2D eigenvalue weighted by Gasteiger charge is 2.44. The standard InChI is InChI=1S/C18H26N2O4/c1-17(2,3)24-16(22)19-14-6-13(9-21)7-15(8-14)20-5-4-18(10-20)11-23-12-18/h6-8,21H,4-5,9-12H2,1-3H3,(H,19,22). The lowest BCUT2D eigenvalue weighted by atomic mass is 9.85. The van der Waals surface area contributed by atoms with E-state index in [2.05, 4.69) is 10.2 Å². The van der Waals surface area contributed by atoms with Crippen LogP contribution in [0.1, 0.15) is 32.8 Å². The fourth-order valence-electron chi connectivity index (χ4n) is 3.22. The number of rotatable bonds is 3. The summed E-state index contributed by atoms with van der Waals surface area (Å²) in [6.07, 6.45) is 0.624. The first-order chi connectivity index (χ1) is 11.3. The van der Waals surface area contributed by atoms with Crippen molar-refractivity contribution >= 4 is 17.5 Å². The van der Waals surface area contributed by atoms with Gasteiger partial charge in [0.1, 0.15) is 5.60 Å². The molecule has 2 aliphatic heterocycles. The number of carbonyl (C=O) groups excluding carboxylic acids is 1. The van der Waals surface area contributed by atoms with Crippen LogP contribution in [0.5, 0.6) is 0 Å². The SMILES string of the molecule is CC(C)(C)OC(=O)Nc1cc(CO)cc(N2CCC3(COC3)C2)c1. The molecule has 2 N–H and O–H groups in total. The van der Waals surface area contributed by atoms with Gasteiger partial charge in [-0.15, -0.1) is 0 Å². The summed E-state index contributed by atoms with van der Waals surface area (Å²) in [7, 11) is 0. The molecule has 2 fully saturated rings. The van der Waals surface area contributed by atoms with Gasteiger partial charge in [-0.2, -0.15) is 0 Å². The molecule has 2 aliphatic rings. The van der Waals surface area contributed by atoms with E-state index in [9.17, 15) is 9.90 Å². The number of anilines is 2. The summed E-state index contributed by atoms with van der Waals surface area (Å²) in [5.74, 6) is 0. The van der Waals surface area contributed by atoms with E-state index in [1.54, 1.807) is 6.07 Å². The van der Waals surface area contributed by atoms with Gasteiger partial charge in [0.2, 0.25) is 0 Å². The first-order valence-electron chi connectivity index (χ1n) is 8.36. The largest absolute Gasteiger partial charge is 0.444 e. The molecule has 1 amide bonds. The summed E-state index contributed by atoms with van der Waals surface area (Å²) >= 11 is 0. The van der Waals surface area contributed by atoms with Gasteiger partial charge in [-0.25, -0.2) is 4.79 Å². The Kier molecular flexibility index (Phi) is 4.44. The lowest BCUT2D eigenvalue weighted by Gasteiger charge is -2.38. The summed E-state index contributed by atoms with van der Waals surface area (Å²) in [4.78, 5) is 14.3. The van der Waals surface area contributed by atoms with Crippen LogP contribution in [0.3, 0.4) is 0 Å². The van der Waals surface area contributed by atoms with Gasteiger partial charge in [-0.1, -0.05) is 0 Å². The van der Waals surface area contributed by atoms with Crippen molar-refractivity contribution < 1.29 is 19.4 Å². The summed E-state index contributed by atoms with van der Waals surface area (Å²) < 4.78 is 10.7. The van der Waals surface area contributed by atoms with Gasteiger partial charge < -0.3 is 19.5 Å². The van der Waals surface area contributed by atoms with E-state index in [1.807, 2.05) is 32.9 Å². The van der Waals surface area contributed by atoms with E-state index in [-0.39, 0.29) is 12.0 Å². The van der Waals surface area contributed by atoms with Crippen molar-refractivity contribution in [1.82, 2.24) is 0 Å². The van der Waals surface area contributed by atoms with Crippen molar-refractivity contribution in [2.45, 2.75) is 39.4 Å². The second kappa shape index (κ2) is 6.26. The smallest absolute Gasteiger partial charge is 0.412 e. The van der Waals surface area contributed by atoms with Gasteiger partial charge in [-0.05, 0) is 51.0 Å². The summed E-state index contributed by atoms with van der Waals surface area (Å²) in [5, 5.41) is 12.3. The molecule has 0 atom stereocenters. The second-order valence-corrected chi connectivity index (χ2v) is 7.84. The first kappa shape index (κ1) is 17.0. The molecule has 1 aromatic rings. The predicted octanol–water partition coefficient (Wildman–Crippen LogP) is 2.75. The highest BCUT2D eigenvalue weighted by Crippen LogP contribution is 2.40. The molecule has 0 aromatic heterocycles. The third-order valence-electron chi connectivity index (χ3n) is 4.43. The topological polar surface area (TPSA) is 71.0 Å². The van der Waals surface area contributed by atoms with Crippen molar-refractivity contribution in [2.24, 2.45) is 5.41 Å². The van der Waals surface area contributed by atoms with E-state index in [0.717, 1.165) is 44.0 Å². The number of nitrogens with zero attached hydrogens (tertiary/aromatic N) is 1. The van der Waals surface area contributed by atoms with Crippen LogP contribution in [0.4, 0.5) is 16.2 Å². The molecule has 1 spiro atoms. The van der Waals surface area contributed by atoms with Crippen molar-refractivity contribution in [1.29, 1.82) is 0 Å². The minimum absolute atomic E-state index is 0.0705. The van der Waals surface area contributed by atoms with E-state index >= 15 is 0 Å². The molecular formula is C18H26N2O4. The first-order valence-corrected chi connectivity index (χ1v) is 8.36. The number of nitrogens with one attached hydrogen (secondary N) is 1. The van der Waals surface area contributed by atoms with Gasteiger partial charge in [0.05, 0.1) is 19.8 Å². The average Bonchev–Trinajstić information content (AvgIpc) is 2.90. The maximum absolute atomic E-state index is 12.0. The third kappa shape index (κ3) is 3.82. The third-order valence-corrected chi connectivity index (χ3v) is 4.43. The minimum Gasteiger partial charge on any atom is -0.444 e. The normalized spacial score (nSPS) is 19.2. The Hall–Kier alpha value is -1.79. The summed E-state index contributed by atoms with van der Waals surface area (Å²) in [5.41, 5.74) is 2.15. The number of hydrogen-bond donors (Lipinski definition) is 2. The van der Waals surface area contributed by atoms with Gasteiger partial charge in [0.15, 0.2) is 0 Å². The Labute approximate surface area is 142 Å². The van der Waals surface area contributed by atoms with Crippen molar-refractivity contribution in [3.63, 3.8) is 0 Å². The number of ether oxygens (including phenoxy) is 2. The fraction of sp³-hybridized carbons (Fsp3) is 0.611. The van der Waals surface area contributed by atoms with Crippen LogP contribution in [0.25, 0.3) is 0 Å². The molecule has 0 saturated carbocycles. The van der Waals surface area contributed by atoms with Crippen molar-refractivity contribution in [2.75, 3.05) is 36.5 Å². The Morgan fingerprint density at radius 3 is 2.67 bits per heavy atom. The van der Waals surface area contributed by atoms with E-state index in [1.165, 1.54) is 0 Å². The van der Waals surface area contributed by atoms with Crippen molar-refractivity contribution in [3.05, 3.63) is 23.8 Å². The number of carbonyl (C=O) groups is 1. The molecule has 2 heterocycles. The Morgan fingerprint density at radius 2 is 2.12 bits per heavy atom. The van der Waals surface area contributed by atoms with E-state index < -0.39 is 11.7 Å². The molecule has 0 radical (unpaired) electrons. The number of amides is 1. The molecule has 132 valence electrons. The van der Waals surface area contributed by atoms with Crippen LogP contribution < -0.4 is 10.2 Å². The lowest BCUT2D eigenvalue weighted by molar-refractivity contribution is -0.0985. The Bertz CT molecular complexity index is 620. The van der Waals surface area contributed by atoms with Crippen LogP contribution in [-0.4, -0.2) is 43.1 Å². The number of benzene rings is 1. The van der Waals surface area contributed by atoms with Gasteiger partial charge in [0, 0.05) is 29.9 Å². The number of aliphatic hydroxyl groups is 1. The molecule has 0 aliphatic carbocycles. The molecule has 1 aromatic carbocycles. The highest BCUT2D eigenvalue weighted by atomic mass is 16.6. The second-order valence-electron chi connectivity index (χ2n) is 7.84. The van der Waals surface area contributed by atoms with Crippen molar-refractivity contribution in [3.8, 4) is 0 Å². The quantitative estimate of drug-likeness (QED) is 0.889. The molecule has 3 rings (SSSR count). The maximum atomic E-state index is 12.0. The zero-order valence-corrected chi connectivity index (χ0v) is 14.6. The lowest BCUT2D eigenvalue weighted by Crippen LogP contribution is -2.44. The zero-order valence-electron chi connectivity index (χ0n) is 14.6. The number of hydrogen-bond acceptors (Lipinski definition) is 5. The molecule has 2 saturated heterocycles. The Morgan fingerprint density at radius 1 is 1.38 bits per heavy atom. The molecular weight excluding hydrogens is 308 g/mol. The summed E-state index contributed by atoms with van der Waals surface area (Å²) in [6.45, 7) is 8.97. The predicted molar refractivity (Wildman–Crippen MR) is 92.3 cm³/mol.